The highest BCUT2D eigenvalue weighted by Gasteiger charge is 2.14. The number of ether oxygens (including phenoxy) is 4. The maximum absolute atomic E-state index is 12.2. The minimum absolute atomic E-state index is 0.109. The van der Waals surface area contributed by atoms with Crippen LogP contribution in [0.3, 0.4) is 0 Å². The Morgan fingerprint density at radius 2 is 1.59 bits per heavy atom. The molecule has 0 fully saturated rings. The first-order chi connectivity index (χ1) is 13.0. The van der Waals surface area contributed by atoms with Crippen LogP contribution in [0.2, 0.25) is 0 Å². The second kappa shape index (κ2) is 10.3. The summed E-state index contributed by atoms with van der Waals surface area (Å²) in [5.74, 6) is 3.17. The van der Waals surface area contributed by atoms with Crippen molar-refractivity contribution in [3.63, 3.8) is 0 Å². The molecule has 0 saturated heterocycles. The molecule has 146 valence electrons. The van der Waals surface area contributed by atoms with Gasteiger partial charge < -0.3 is 24.3 Å². The minimum Gasteiger partial charge on any atom is -0.496 e. The molecule has 8 heteroatoms. The monoisotopic (exact) mass is 455 g/mol. The molecule has 0 saturated carbocycles. The van der Waals surface area contributed by atoms with E-state index < -0.39 is 0 Å². The van der Waals surface area contributed by atoms with Crippen molar-refractivity contribution in [2.24, 2.45) is 0 Å². The van der Waals surface area contributed by atoms with E-state index in [4.69, 9.17) is 18.9 Å². The fourth-order valence-electron chi connectivity index (χ4n) is 2.41. The van der Waals surface area contributed by atoms with Crippen molar-refractivity contribution in [1.82, 2.24) is 0 Å². The molecule has 0 atom stereocenters. The Kier molecular flexibility index (Phi) is 8.12. The van der Waals surface area contributed by atoms with Gasteiger partial charge >= 0.3 is 0 Å². The van der Waals surface area contributed by atoms with E-state index in [0.717, 1.165) is 15.8 Å². The van der Waals surface area contributed by atoms with Crippen LogP contribution in [0.5, 0.6) is 23.0 Å². The van der Waals surface area contributed by atoms with Crippen LogP contribution < -0.4 is 24.3 Å². The second-order valence-electron chi connectivity index (χ2n) is 5.42. The van der Waals surface area contributed by atoms with Gasteiger partial charge in [-0.1, -0.05) is 6.07 Å². The number of carbonyl (C=O) groups is 1. The number of rotatable bonds is 9. The van der Waals surface area contributed by atoms with Crippen molar-refractivity contribution in [2.75, 3.05) is 39.5 Å². The maximum atomic E-state index is 12.2. The standard InChI is InChI=1S/C19H22BrNO5S/c1-23-15-6-5-12(7-14(15)20)10-27-11-18(22)21-13-8-16(24-2)19(26-4)17(9-13)25-3/h5-9H,10-11H2,1-4H3,(H,21,22). The number of thioether (sulfide) groups is 1. The summed E-state index contributed by atoms with van der Waals surface area (Å²) in [6.45, 7) is 0. The Balaban J connectivity index is 1.95. The van der Waals surface area contributed by atoms with Gasteiger partial charge in [-0.15, -0.1) is 11.8 Å². The van der Waals surface area contributed by atoms with E-state index in [1.54, 1.807) is 19.2 Å². The normalized spacial score (nSPS) is 10.3. The summed E-state index contributed by atoms with van der Waals surface area (Å²) in [5, 5.41) is 2.85. The van der Waals surface area contributed by atoms with E-state index in [1.165, 1.54) is 33.1 Å². The molecule has 0 heterocycles. The Hall–Kier alpha value is -2.06. The molecule has 1 amide bonds. The SMILES string of the molecule is COc1ccc(CSCC(=O)Nc2cc(OC)c(OC)c(OC)c2)cc1Br. The molecule has 0 spiro atoms. The van der Waals surface area contributed by atoms with Crippen LogP contribution in [0, 0.1) is 0 Å². The summed E-state index contributed by atoms with van der Waals surface area (Å²) >= 11 is 4.99. The van der Waals surface area contributed by atoms with Gasteiger partial charge in [-0.3, -0.25) is 4.79 Å². The first-order valence-electron chi connectivity index (χ1n) is 8.02. The van der Waals surface area contributed by atoms with Crippen molar-refractivity contribution in [3.8, 4) is 23.0 Å². The molecule has 0 radical (unpaired) electrons. The lowest BCUT2D eigenvalue weighted by Crippen LogP contribution is -2.14. The predicted octanol–water partition coefficient (Wildman–Crippen LogP) is 4.36. The number of carbonyl (C=O) groups excluding carboxylic acids is 1. The molecular formula is C19H22BrNO5S. The predicted molar refractivity (Wildman–Crippen MR) is 112 cm³/mol. The maximum Gasteiger partial charge on any atom is 0.234 e. The summed E-state index contributed by atoms with van der Waals surface area (Å²) in [4.78, 5) is 12.2. The average Bonchev–Trinajstić information content (AvgIpc) is 2.67. The van der Waals surface area contributed by atoms with Gasteiger partial charge in [0.25, 0.3) is 0 Å². The Bertz CT molecular complexity index is 775. The quantitative estimate of drug-likeness (QED) is 0.605. The van der Waals surface area contributed by atoms with Crippen molar-refractivity contribution in [2.45, 2.75) is 5.75 Å². The van der Waals surface area contributed by atoms with Gasteiger partial charge in [-0.25, -0.2) is 0 Å². The van der Waals surface area contributed by atoms with Gasteiger partial charge in [0.15, 0.2) is 11.5 Å². The van der Waals surface area contributed by atoms with Gasteiger partial charge in [0.1, 0.15) is 5.75 Å². The zero-order valence-electron chi connectivity index (χ0n) is 15.6. The van der Waals surface area contributed by atoms with Crippen molar-refractivity contribution >= 4 is 39.3 Å². The van der Waals surface area contributed by atoms with Gasteiger partial charge in [0.2, 0.25) is 11.7 Å². The molecule has 0 aromatic heterocycles. The van der Waals surface area contributed by atoms with Crippen molar-refractivity contribution in [3.05, 3.63) is 40.4 Å². The van der Waals surface area contributed by atoms with Gasteiger partial charge in [-0.05, 0) is 33.6 Å². The van der Waals surface area contributed by atoms with E-state index in [0.29, 0.717) is 34.4 Å². The summed E-state index contributed by atoms with van der Waals surface area (Å²) < 4.78 is 22.0. The van der Waals surface area contributed by atoms with Crippen LogP contribution in [0.15, 0.2) is 34.8 Å². The summed E-state index contributed by atoms with van der Waals surface area (Å²) in [6.07, 6.45) is 0. The lowest BCUT2D eigenvalue weighted by Gasteiger charge is -2.14. The van der Waals surface area contributed by atoms with E-state index in [9.17, 15) is 4.79 Å². The molecule has 2 aromatic carbocycles. The fraction of sp³-hybridized carbons (Fsp3) is 0.316. The fourth-order valence-corrected chi connectivity index (χ4v) is 3.77. The minimum atomic E-state index is -0.109. The van der Waals surface area contributed by atoms with E-state index in [2.05, 4.69) is 21.2 Å². The molecule has 0 aliphatic heterocycles. The van der Waals surface area contributed by atoms with Crippen LogP contribution in [0.25, 0.3) is 0 Å². The largest absolute Gasteiger partial charge is 0.496 e. The van der Waals surface area contributed by atoms with Crippen LogP contribution in [0.1, 0.15) is 5.56 Å². The van der Waals surface area contributed by atoms with Crippen LogP contribution in [-0.4, -0.2) is 40.1 Å². The van der Waals surface area contributed by atoms with Crippen molar-refractivity contribution < 1.29 is 23.7 Å². The molecule has 0 aliphatic rings. The number of hydrogen-bond donors (Lipinski definition) is 1. The summed E-state index contributed by atoms with van der Waals surface area (Å²) in [5.41, 5.74) is 1.69. The molecule has 0 aliphatic carbocycles. The highest BCUT2D eigenvalue weighted by atomic mass is 79.9. The number of methoxy groups -OCH3 is 4. The highest BCUT2D eigenvalue weighted by Crippen LogP contribution is 2.40. The third-order valence-electron chi connectivity index (χ3n) is 3.67. The molecule has 0 bridgehead atoms. The summed E-state index contributed by atoms with van der Waals surface area (Å²) in [6, 6.07) is 9.27. The molecule has 27 heavy (non-hydrogen) atoms. The molecule has 1 N–H and O–H groups in total. The number of nitrogens with one attached hydrogen (secondary N) is 1. The zero-order valence-corrected chi connectivity index (χ0v) is 18.0. The van der Waals surface area contributed by atoms with Gasteiger partial charge in [0.05, 0.1) is 38.7 Å². The molecule has 2 aromatic rings. The number of amides is 1. The van der Waals surface area contributed by atoms with E-state index >= 15 is 0 Å². The molecular weight excluding hydrogens is 434 g/mol. The molecule has 6 nitrogen and oxygen atoms in total. The van der Waals surface area contributed by atoms with Crippen molar-refractivity contribution in [1.29, 1.82) is 0 Å². The van der Waals surface area contributed by atoms with Crippen LogP contribution in [-0.2, 0) is 10.5 Å². The van der Waals surface area contributed by atoms with E-state index in [1.807, 2.05) is 18.2 Å². The number of anilines is 1. The second-order valence-corrected chi connectivity index (χ2v) is 7.26. The lowest BCUT2D eigenvalue weighted by atomic mass is 10.2. The number of halogens is 1. The van der Waals surface area contributed by atoms with Crippen LogP contribution in [0.4, 0.5) is 5.69 Å². The molecule has 2 rings (SSSR count). The Morgan fingerprint density at radius 1 is 0.963 bits per heavy atom. The van der Waals surface area contributed by atoms with Gasteiger partial charge in [0, 0.05) is 23.6 Å². The molecule has 0 unspecified atom stereocenters. The topological polar surface area (TPSA) is 66.0 Å². The van der Waals surface area contributed by atoms with Crippen LogP contribution >= 0.6 is 27.7 Å². The first kappa shape index (κ1) is 21.2. The Morgan fingerprint density at radius 3 is 2.11 bits per heavy atom. The summed E-state index contributed by atoms with van der Waals surface area (Å²) in [7, 11) is 6.23. The average molecular weight is 456 g/mol. The number of benzene rings is 2. The highest BCUT2D eigenvalue weighted by molar-refractivity contribution is 9.10. The van der Waals surface area contributed by atoms with E-state index in [-0.39, 0.29) is 5.91 Å². The Labute approximate surface area is 171 Å². The first-order valence-corrected chi connectivity index (χ1v) is 9.97. The zero-order chi connectivity index (χ0) is 19.8. The number of hydrogen-bond acceptors (Lipinski definition) is 6. The van der Waals surface area contributed by atoms with Gasteiger partial charge in [-0.2, -0.15) is 0 Å². The lowest BCUT2D eigenvalue weighted by molar-refractivity contribution is -0.113. The third-order valence-corrected chi connectivity index (χ3v) is 5.29. The third kappa shape index (κ3) is 5.71. The smallest absolute Gasteiger partial charge is 0.234 e.